The Morgan fingerprint density at radius 2 is 2.24 bits per heavy atom. The summed E-state index contributed by atoms with van der Waals surface area (Å²) in [7, 11) is 0. The Hall–Kier alpha value is -2.68. The zero-order valence-corrected chi connectivity index (χ0v) is 13.7. The quantitative estimate of drug-likeness (QED) is 0.604. The van der Waals surface area contributed by atoms with Crippen LogP contribution in [0.1, 0.15) is 29.8 Å². The fourth-order valence-electron chi connectivity index (χ4n) is 2.99. The molecule has 1 aliphatic rings. The number of aliphatic hydroxyl groups excluding tert-OH is 1. The first-order valence-electron chi connectivity index (χ1n) is 8.28. The van der Waals surface area contributed by atoms with Gasteiger partial charge < -0.3 is 20.3 Å². The third-order valence-electron chi connectivity index (χ3n) is 4.30. The highest BCUT2D eigenvalue weighted by atomic mass is 16.5. The van der Waals surface area contributed by atoms with Gasteiger partial charge in [-0.25, -0.2) is 0 Å². The molecule has 1 saturated carbocycles. The molecule has 0 spiro atoms. The second kappa shape index (κ2) is 7.93. The molecule has 0 aromatic carbocycles. The molecule has 2 amide bonds. The molecular formula is C16H21N5O4. The largest absolute Gasteiger partial charge is 0.391 e. The molecule has 9 nitrogen and oxygen atoms in total. The molecule has 3 atom stereocenters. The summed E-state index contributed by atoms with van der Waals surface area (Å²) < 4.78 is 6.59. The third kappa shape index (κ3) is 4.44. The molecule has 0 bridgehead atoms. The highest BCUT2D eigenvalue weighted by Gasteiger charge is 2.38. The van der Waals surface area contributed by atoms with Gasteiger partial charge in [-0.2, -0.15) is 5.10 Å². The van der Waals surface area contributed by atoms with E-state index < -0.39 is 18.1 Å². The van der Waals surface area contributed by atoms with Gasteiger partial charge in [0.05, 0.1) is 18.3 Å². The van der Waals surface area contributed by atoms with E-state index in [9.17, 15) is 14.7 Å². The number of carbonyl (C=O) groups excluding carboxylic acids is 2. The lowest BCUT2D eigenvalue weighted by Crippen LogP contribution is -2.40. The van der Waals surface area contributed by atoms with Crippen molar-refractivity contribution in [1.29, 1.82) is 0 Å². The first-order chi connectivity index (χ1) is 12.1. The van der Waals surface area contributed by atoms with Crippen molar-refractivity contribution in [2.75, 3.05) is 6.54 Å². The molecular weight excluding hydrogens is 326 g/mol. The fourth-order valence-corrected chi connectivity index (χ4v) is 2.99. The lowest BCUT2D eigenvalue weighted by atomic mass is 10.1. The number of aliphatic hydroxyl groups is 1. The Kier molecular flexibility index (Phi) is 5.44. The van der Waals surface area contributed by atoms with Crippen LogP contribution in [0.5, 0.6) is 0 Å². The number of amides is 2. The van der Waals surface area contributed by atoms with E-state index in [0.717, 1.165) is 13.0 Å². The minimum Gasteiger partial charge on any atom is -0.391 e. The smallest absolute Gasteiger partial charge is 0.290 e. The Balaban J connectivity index is 1.41. The molecule has 0 saturated heterocycles. The molecule has 2 aromatic rings. The van der Waals surface area contributed by atoms with Crippen molar-refractivity contribution >= 4 is 11.8 Å². The van der Waals surface area contributed by atoms with E-state index in [4.69, 9.17) is 4.52 Å². The van der Waals surface area contributed by atoms with Crippen LogP contribution in [0.3, 0.4) is 0 Å². The summed E-state index contributed by atoms with van der Waals surface area (Å²) in [6, 6.07) is 2.82. The van der Waals surface area contributed by atoms with Gasteiger partial charge >= 0.3 is 0 Å². The van der Waals surface area contributed by atoms with Gasteiger partial charge in [-0.15, -0.1) is 0 Å². The molecule has 3 N–H and O–H groups in total. The van der Waals surface area contributed by atoms with Gasteiger partial charge in [-0.05, 0) is 25.3 Å². The van der Waals surface area contributed by atoms with Crippen LogP contribution >= 0.6 is 0 Å². The number of aryl methyl sites for hydroxylation is 1. The van der Waals surface area contributed by atoms with Gasteiger partial charge in [-0.3, -0.25) is 14.3 Å². The molecule has 25 heavy (non-hydrogen) atoms. The summed E-state index contributed by atoms with van der Waals surface area (Å²) in [6.45, 7) is 1.27. The van der Waals surface area contributed by atoms with Crippen molar-refractivity contribution in [2.24, 2.45) is 5.92 Å². The van der Waals surface area contributed by atoms with E-state index in [0.29, 0.717) is 19.4 Å². The average molecular weight is 347 g/mol. The fraction of sp³-hybridized carbons (Fsp3) is 0.500. The Labute approximate surface area is 144 Å². The topological polar surface area (TPSA) is 122 Å². The van der Waals surface area contributed by atoms with Gasteiger partial charge in [0, 0.05) is 37.5 Å². The van der Waals surface area contributed by atoms with Gasteiger partial charge in [0.1, 0.15) is 0 Å². The summed E-state index contributed by atoms with van der Waals surface area (Å²) in [6.07, 6.45) is 5.70. The van der Waals surface area contributed by atoms with Gasteiger partial charge in [0.15, 0.2) is 0 Å². The van der Waals surface area contributed by atoms with Gasteiger partial charge in [0.25, 0.3) is 5.91 Å². The average Bonchev–Trinajstić information content (AvgIpc) is 3.34. The van der Waals surface area contributed by atoms with Crippen molar-refractivity contribution in [2.45, 2.75) is 38.0 Å². The molecule has 2 aromatic heterocycles. The van der Waals surface area contributed by atoms with E-state index in [1.807, 2.05) is 12.3 Å². The maximum atomic E-state index is 12.2. The monoisotopic (exact) mass is 347 g/mol. The Bertz CT molecular complexity index is 685. The first kappa shape index (κ1) is 17.2. The zero-order chi connectivity index (χ0) is 17.6. The second-order valence-electron chi connectivity index (χ2n) is 6.11. The number of aromatic nitrogens is 3. The summed E-state index contributed by atoms with van der Waals surface area (Å²) >= 11 is 0. The molecule has 9 heteroatoms. The summed E-state index contributed by atoms with van der Waals surface area (Å²) in [4.78, 5) is 24.2. The lowest BCUT2D eigenvalue weighted by molar-refractivity contribution is -0.125. The molecule has 1 fully saturated rings. The summed E-state index contributed by atoms with van der Waals surface area (Å²) in [5.74, 6) is -0.781. The van der Waals surface area contributed by atoms with Crippen molar-refractivity contribution in [1.82, 2.24) is 25.6 Å². The molecule has 0 radical (unpaired) electrons. The molecule has 134 valence electrons. The number of nitrogens with one attached hydrogen (secondary N) is 2. The van der Waals surface area contributed by atoms with Crippen LogP contribution in [0.15, 0.2) is 35.2 Å². The van der Waals surface area contributed by atoms with Crippen LogP contribution in [0.25, 0.3) is 0 Å². The summed E-state index contributed by atoms with van der Waals surface area (Å²) in [5.41, 5.74) is 0. The molecule has 3 rings (SSSR count). The second-order valence-corrected chi connectivity index (χ2v) is 6.11. The molecule has 2 heterocycles. The maximum absolute atomic E-state index is 12.2. The number of hydrogen-bond donors (Lipinski definition) is 3. The number of hydrogen-bond acceptors (Lipinski definition) is 6. The number of carbonyl (C=O) groups is 2. The Morgan fingerprint density at radius 1 is 1.36 bits per heavy atom. The van der Waals surface area contributed by atoms with Crippen molar-refractivity contribution in [3.8, 4) is 0 Å². The minimum atomic E-state index is -0.758. The van der Waals surface area contributed by atoms with E-state index in [-0.39, 0.29) is 17.6 Å². The van der Waals surface area contributed by atoms with Crippen LogP contribution in [0, 0.1) is 5.92 Å². The van der Waals surface area contributed by atoms with Crippen molar-refractivity contribution in [3.63, 3.8) is 0 Å². The van der Waals surface area contributed by atoms with Crippen LogP contribution in [-0.2, 0) is 11.3 Å². The minimum absolute atomic E-state index is 0.0822. The predicted octanol–water partition coefficient (Wildman–Crippen LogP) is -0.0531. The predicted molar refractivity (Wildman–Crippen MR) is 86.3 cm³/mol. The van der Waals surface area contributed by atoms with Gasteiger partial charge in [-0.1, -0.05) is 5.16 Å². The van der Waals surface area contributed by atoms with Crippen LogP contribution < -0.4 is 10.6 Å². The van der Waals surface area contributed by atoms with E-state index in [1.54, 1.807) is 10.9 Å². The first-order valence-corrected chi connectivity index (χ1v) is 8.28. The van der Waals surface area contributed by atoms with E-state index in [1.165, 1.54) is 12.3 Å². The van der Waals surface area contributed by atoms with Crippen LogP contribution in [0.2, 0.25) is 0 Å². The standard InChI is InChI=1S/C16H21N5O4/c22-13-10-11(9-12(13)20-16(24)14-3-6-19-25-14)15(23)17-4-1-7-21-8-2-5-18-21/h2-3,5-6,8,11-13,22H,1,4,7,9-10H2,(H,17,23)(H,20,24)/t11-,12-,13-/m0/s1. The third-order valence-corrected chi connectivity index (χ3v) is 4.30. The molecule has 0 unspecified atom stereocenters. The highest BCUT2D eigenvalue weighted by molar-refractivity contribution is 5.91. The highest BCUT2D eigenvalue weighted by Crippen LogP contribution is 2.26. The normalized spacial score (nSPS) is 22.7. The molecule has 0 aliphatic heterocycles. The molecule has 1 aliphatic carbocycles. The van der Waals surface area contributed by atoms with Crippen molar-refractivity contribution < 1.29 is 19.2 Å². The maximum Gasteiger partial charge on any atom is 0.290 e. The lowest BCUT2D eigenvalue weighted by Gasteiger charge is -2.15. The number of rotatable bonds is 7. The Morgan fingerprint density at radius 3 is 2.96 bits per heavy atom. The number of nitrogens with zero attached hydrogens (tertiary/aromatic N) is 3. The zero-order valence-electron chi connectivity index (χ0n) is 13.7. The van der Waals surface area contributed by atoms with Crippen molar-refractivity contribution in [3.05, 3.63) is 36.5 Å². The van der Waals surface area contributed by atoms with E-state index in [2.05, 4.69) is 20.9 Å². The van der Waals surface area contributed by atoms with E-state index >= 15 is 0 Å². The summed E-state index contributed by atoms with van der Waals surface area (Å²) in [5, 5.41) is 23.2. The SMILES string of the molecule is O=C(N[C@H]1C[C@H](C(=O)NCCCn2cccn2)C[C@@H]1O)c1ccno1. The van der Waals surface area contributed by atoms with Crippen LogP contribution in [0.4, 0.5) is 0 Å². The van der Waals surface area contributed by atoms with Crippen LogP contribution in [-0.4, -0.2) is 50.5 Å². The van der Waals surface area contributed by atoms with Gasteiger partial charge in [0.2, 0.25) is 11.7 Å².